The van der Waals surface area contributed by atoms with E-state index in [4.69, 9.17) is 0 Å². The Hall–Kier alpha value is -0.0400. The summed E-state index contributed by atoms with van der Waals surface area (Å²) in [7, 11) is 0. The molecular weight excluding hydrogens is 206 g/mol. The number of hydrogen-bond acceptors (Lipinski definition) is 1. The SMILES string of the molecule is CCCNC(CCC1CC1)C1C2CCCCC21. The van der Waals surface area contributed by atoms with E-state index in [1.165, 1.54) is 51.5 Å². The van der Waals surface area contributed by atoms with E-state index in [9.17, 15) is 0 Å². The highest BCUT2D eigenvalue weighted by Crippen LogP contribution is 2.57. The normalized spacial score (nSPS) is 37.6. The smallest absolute Gasteiger partial charge is 0.0101 e. The minimum Gasteiger partial charge on any atom is -0.314 e. The maximum Gasteiger partial charge on any atom is 0.0101 e. The van der Waals surface area contributed by atoms with Gasteiger partial charge in [0, 0.05) is 6.04 Å². The van der Waals surface area contributed by atoms with Crippen molar-refractivity contribution in [2.45, 2.75) is 70.8 Å². The zero-order valence-electron chi connectivity index (χ0n) is 11.5. The van der Waals surface area contributed by atoms with Gasteiger partial charge in [0.15, 0.2) is 0 Å². The van der Waals surface area contributed by atoms with Crippen molar-refractivity contribution in [2.75, 3.05) is 6.54 Å². The first-order chi connectivity index (χ1) is 8.40. The van der Waals surface area contributed by atoms with Crippen molar-refractivity contribution in [3.05, 3.63) is 0 Å². The van der Waals surface area contributed by atoms with E-state index in [1.54, 1.807) is 12.8 Å². The highest BCUT2D eigenvalue weighted by atomic mass is 14.9. The van der Waals surface area contributed by atoms with Crippen LogP contribution in [-0.2, 0) is 0 Å². The lowest BCUT2D eigenvalue weighted by Crippen LogP contribution is -2.33. The molecule has 3 unspecified atom stereocenters. The number of hydrogen-bond donors (Lipinski definition) is 1. The molecule has 98 valence electrons. The quantitative estimate of drug-likeness (QED) is 0.704. The van der Waals surface area contributed by atoms with Crippen LogP contribution in [0.15, 0.2) is 0 Å². The zero-order valence-corrected chi connectivity index (χ0v) is 11.5. The van der Waals surface area contributed by atoms with Crippen molar-refractivity contribution < 1.29 is 0 Å². The molecule has 3 fully saturated rings. The van der Waals surface area contributed by atoms with E-state index < -0.39 is 0 Å². The van der Waals surface area contributed by atoms with Crippen LogP contribution in [0.25, 0.3) is 0 Å². The average Bonchev–Trinajstić information content (AvgIpc) is 3.24. The van der Waals surface area contributed by atoms with Crippen molar-refractivity contribution >= 4 is 0 Å². The monoisotopic (exact) mass is 235 g/mol. The molecule has 0 amide bonds. The summed E-state index contributed by atoms with van der Waals surface area (Å²) in [6.07, 6.45) is 13.4. The molecule has 0 radical (unpaired) electrons. The standard InChI is InChI=1S/C16H29N/c1-2-11-17-15(10-9-12-7-8-12)16-13-5-3-4-6-14(13)16/h12-17H,2-11H2,1H3. The lowest BCUT2D eigenvalue weighted by Gasteiger charge is -2.19. The van der Waals surface area contributed by atoms with Crippen molar-refractivity contribution in [1.82, 2.24) is 5.32 Å². The molecule has 0 aromatic rings. The van der Waals surface area contributed by atoms with Gasteiger partial charge in [-0.1, -0.05) is 32.6 Å². The third-order valence-electron chi connectivity index (χ3n) is 5.43. The van der Waals surface area contributed by atoms with E-state index in [1.807, 2.05) is 0 Å². The molecule has 0 bridgehead atoms. The second kappa shape index (κ2) is 5.30. The Kier molecular flexibility index (Phi) is 3.75. The van der Waals surface area contributed by atoms with Crippen LogP contribution in [0.4, 0.5) is 0 Å². The van der Waals surface area contributed by atoms with Gasteiger partial charge in [0.25, 0.3) is 0 Å². The summed E-state index contributed by atoms with van der Waals surface area (Å²) in [6.45, 7) is 3.54. The van der Waals surface area contributed by atoms with Gasteiger partial charge >= 0.3 is 0 Å². The van der Waals surface area contributed by atoms with Gasteiger partial charge in [-0.15, -0.1) is 0 Å². The summed E-state index contributed by atoms with van der Waals surface area (Å²) >= 11 is 0. The van der Waals surface area contributed by atoms with Crippen LogP contribution in [0.2, 0.25) is 0 Å². The van der Waals surface area contributed by atoms with Crippen LogP contribution >= 0.6 is 0 Å². The third kappa shape index (κ3) is 2.86. The van der Waals surface area contributed by atoms with Gasteiger partial charge in [0.2, 0.25) is 0 Å². The van der Waals surface area contributed by atoms with Crippen LogP contribution in [0.5, 0.6) is 0 Å². The van der Waals surface area contributed by atoms with Crippen molar-refractivity contribution in [3.8, 4) is 0 Å². The molecule has 3 aliphatic rings. The Morgan fingerprint density at radius 2 is 1.76 bits per heavy atom. The minimum absolute atomic E-state index is 0.878. The van der Waals surface area contributed by atoms with Gasteiger partial charge in [-0.05, 0) is 62.3 Å². The van der Waals surface area contributed by atoms with E-state index >= 15 is 0 Å². The first-order valence-corrected chi connectivity index (χ1v) is 8.13. The molecule has 3 aliphatic carbocycles. The number of fused-ring (bicyclic) bond motifs is 1. The lowest BCUT2D eigenvalue weighted by molar-refractivity contribution is 0.389. The fraction of sp³-hybridized carbons (Fsp3) is 1.00. The summed E-state index contributed by atoms with van der Waals surface area (Å²) in [6, 6.07) is 0.878. The summed E-state index contributed by atoms with van der Waals surface area (Å²) < 4.78 is 0. The van der Waals surface area contributed by atoms with Gasteiger partial charge in [-0.25, -0.2) is 0 Å². The molecular formula is C16H29N. The molecule has 0 aromatic heterocycles. The first kappa shape index (κ1) is 12.0. The van der Waals surface area contributed by atoms with Gasteiger partial charge < -0.3 is 5.32 Å². The van der Waals surface area contributed by atoms with E-state index in [-0.39, 0.29) is 0 Å². The Bertz CT molecular complexity index is 234. The fourth-order valence-electron chi connectivity index (χ4n) is 4.23. The Morgan fingerprint density at radius 1 is 1.06 bits per heavy atom. The van der Waals surface area contributed by atoms with Crippen molar-refractivity contribution in [1.29, 1.82) is 0 Å². The molecule has 0 aliphatic heterocycles. The largest absolute Gasteiger partial charge is 0.314 e. The Morgan fingerprint density at radius 3 is 2.35 bits per heavy atom. The molecule has 3 rings (SSSR count). The molecule has 0 aromatic carbocycles. The second-order valence-electron chi connectivity index (χ2n) is 6.77. The summed E-state index contributed by atoms with van der Waals surface area (Å²) in [5, 5.41) is 3.87. The summed E-state index contributed by atoms with van der Waals surface area (Å²) in [5.41, 5.74) is 0. The topological polar surface area (TPSA) is 12.0 Å². The Balaban J connectivity index is 1.50. The van der Waals surface area contributed by atoms with Crippen LogP contribution in [0.3, 0.4) is 0 Å². The molecule has 17 heavy (non-hydrogen) atoms. The van der Waals surface area contributed by atoms with Crippen LogP contribution in [-0.4, -0.2) is 12.6 Å². The fourth-order valence-corrected chi connectivity index (χ4v) is 4.23. The van der Waals surface area contributed by atoms with Gasteiger partial charge in [0.1, 0.15) is 0 Å². The maximum atomic E-state index is 3.87. The number of rotatable bonds is 7. The molecule has 3 saturated carbocycles. The maximum absolute atomic E-state index is 3.87. The van der Waals surface area contributed by atoms with Crippen LogP contribution < -0.4 is 5.32 Å². The van der Waals surface area contributed by atoms with Gasteiger partial charge in [-0.3, -0.25) is 0 Å². The molecule has 3 atom stereocenters. The van der Waals surface area contributed by atoms with Crippen molar-refractivity contribution in [3.63, 3.8) is 0 Å². The molecule has 1 nitrogen and oxygen atoms in total. The molecule has 0 spiro atoms. The summed E-state index contributed by atoms with van der Waals surface area (Å²) in [4.78, 5) is 0. The van der Waals surface area contributed by atoms with Crippen LogP contribution in [0.1, 0.15) is 64.7 Å². The average molecular weight is 235 g/mol. The van der Waals surface area contributed by atoms with Crippen molar-refractivity contribution in [2.24, 2.45) is 23.7 Å². The molecule has 0 heterocycles. The molecule has 0 saturated heterocycles. The van der Waals surface area contributed by atoms with Gasteiger partial charge in [0.05, 0.1) is 0 Å². The van der Waals surface area contributed by atoms with Gasteiger partial charge in [-0.2, -0.15) is 0 Å². The molecule has 1 heteroatoms. The highest BCUT2D eigenvalue weighted by molar-refractivity contribution is 5.04. The van der Waals surface area contributed by atoms with E-state index in [2.05, 4.69) is 12.2 Å². The summed E-state index contributed by atoms with van der Waals surface area (Å²) in [5.74, 6) is 4.43. The first-order valence-electron chi connectivity index (χ1n) is 8.13. The second-order valence-corrected chi connectivity index (χ2v) is 6.77. The number of nitrogens with one attached hydrogen (secondary N) is 1. The highest BCUT2D eigenvalue weighted by Gasteiger charge is 2.53. The Labute approximate surface area is 107 Å². The minimum atomic E-state index is 0.878. The molecule has 1 N–H and O–H groups in total. The van der Waals surface area contributed by atoms with Crippen LogP contribution in [0, 0.1) is 23.7 Å². The van der Waals surface area contributed by atoms with E-state index in [0.29, 0.717) is 0 Å². The predicted octanol–water partition coefficient (Wildman–Crippen LogP) is 3.98. The lowest BCUT2D eigenvalue weighted by atomic mass is 10.0. The van der Waals surface area contributed by atoms with E-state index in [0.717, 1.165) is 29.7 Å². The third-order valence-corrected chi connectivity index (χ3v) is 5.43. The zero-order chi connectivity index (χ0) is 11.7. The predicted molar refractivity (Wildman–Crippen MR) is 73.0 cm³/mol.